The van der Waals surface area contributed by atoms with Gasteiger partial charge in [0.05, 0.1) is 13.2 Å². The highest BCUT2D eigenvalue weighted by Gasteiger charge is 2.55. The smallest absolute Gasteiger partial charge is 0.184 e. The Morgan fingerprint density at radius 1 is 0.824 bits per heavy atom. The Kier molecular flexibility index (Phi) is 2.23. The van der Waals surface area contributed by atoms with Gasteiger partial charge in [-0.05, 0) is 0 Å². The summed E-state index contributed by atoms with van der Waals surface area (Å²) in [6, 6.07) is 9.99. The standard InChI is InChI=1S/C13H14O4/c1-2-4-8(5-3-1)13-15-6-9-11(17-13)12-10(16-12)7-14-9/h1-5,9-13H,6-7H2/t9-,10+,11-,12+,13?/m1/s1. The molecule has 0 radical (unpaired) electrons. The predicted molar refractivity (Wildman–Crippen MR) is 58.4 cm³/mol. The number of ether oxygens (including phenoxy) is 4. The molecule has 1 aromatic carbocycles. The number of rotatable bonds is 1. The molecule has 3 aliphatic heterocycles. The lowest BCUT2D eigenvalue weighted by Gasteiger charge is -2.37. The van der Waals surface area contributed by atoms with Crippen molar-refractivity contribution in [1.82, 2.24) is 0 Å². The van der Waals surface area contributed by atoms with Crippen LogP contribution in [-0.4, -0.2) is 37.6 Å². The summed E-state index contributed by atoms with van der Waals surface area (Å²) in [7, 11) is 0. The van der Waals surface area contributed by atoms with Gasteiger partial charge in [0.1, 0.15) is 24.4 Å². The Balaban J connectivity index is 1.53. The average molecular weight is 234 g/mol. The first kappa shape index (κ1) is 10.0. The number of fused-ring (bicyclic) bond motifs is 3. The fourth-order valence-electron chi connectivity index (χ4n) is 2.56. The Bertz CT molecular complexity index is 407. The van der Waals surface area contributed by atoms with Crippen LogP contribution in [0.25, 0.3) is 0 Å². The van der Waals surface area contributed by atoms with Crippen molar-refractivity contribution in [2.75, 3.05) is 13.2 Å². The van der Waals surface area contributed by atoms with Crippen LogP contribution in [0.2, 0.25) is 0 Å². The van der Waals surface area contributed by atoms with E-state index in [2.05, 4.69) is 0 Å². The van der Waals surface area contributed by atoms with Crippen LogP contribution < -0.4 is 0 Å². The zero-order valence-corrected chi connectivity index (χ0v) is 9.32. The summed E-state index contributed by atoms with van der Waals surface area (Å²) >= 11 is 0. The molecule has 17 heavy (non-hydrogen) atoms. The largest absolute Gasteiger partial charge is 0.370 e. The maximum Gasteiger partial charge on any atom is 0.184 e. The number of hydrogen-bond acceptors (Lipinski definition) is 4. The normalized spacial score (nSPS) is 43.6. The Morgan fingerprint density at radius 3 is 2.47 bits per heavy atom. The van der Waals surface area contributed by atoms with Gasteiger partial charge in [0.15, 0.2) is 6.29 Å². The zero-order chi connectivity index (χ0) is 11.2. The molecule has 3 saturated heterocycles. The molecule has 5 atom stereocenters. The molecular formula is C13H14O4. The van der Waals surface area contributed by atoms with Gasteiger partial charge >= 0.3 is 0 Å². The zero-order valence-electron chi connectivity index (χ0n) is 9.32. The molecule has 3 fully saturated rings. The van der Waals surface area contributed by atoms with E-state index in [4.69, 9.17) is 18.9 Å². The molecule has 0 saturated carbocycles. The second kappa shape index (κ2) is 3.78. The molecule has 0 bridgehead atoms. The second-order valence-corrected chi connectivity index (χ2v) is 4.69. The van der Waals surface area contributed by atoms with Crippen molar-refractivity contribution in [3.63, 3.8) is 0 Å². The molecule has 90 valence electrons. The molecule has 4 nitrogen and oxygen atoms in total. The van der Waals surface area contributed by atoms with Crippen LogP contribution in [0.4, 0.5) is 0 Å². The minimum atomic E-state index is -0.288. The molecule has 0 aliphatic carbocycles. The molecule has 1 aromatic rings. The summed E-state index contributed by atoms with van der Waals surface area (Å²) < 4.78 is 22.8. The molecule has 0 aromatic heterocycles. The van der Waals surface area contributed by atoms with Crippen molar-refractivity contribution in [2.24, 2.45) is 0 Å². The van der Waals surface area contributed by atoms with Crippen LogP contribution in [0.15, 0.2) is 30.3 Å². The van der Waals surface area contributed by atoms with E-state index < -0.39 is 0 Å². The molecule has 0 spiro atoms. The van der Waals surface area contributed by atoms with Gasteiger partial charge in [-0.2, -0.15) is 0 Å². The van der Waals surface area contributed by atoms with Crippen LogP contribution in [-0.2, 0) is 18.9 Å². The van der Waals surface area contributed by atoms with Gasteiger partial charge in [0.25, 0.3) is 0 Å². The summed E-state index contributed by atoms with van der Waals surface area (Å²) in [6.07, 6.45) is 0.213. The highest BCUT2D eigenvalue weighted by atomic mass is 16.7. The van der Waals surface area contributed by atoms with Gasteiger partial charge in [-0.25, -0.2) is 0 Å². The van der Waals surface area contributed by atoms with Crippen molar-refractivity contribution in [3.8, 4) is 0 Å². The summed E-state index contributed by atoms with van der Waals surface area (Å²) in [5, 5.41) is 0. The van der Waals surface area contributed by atoms with Gasteiger partial charge in [-0.3, -0.25) is 0 Å². The Hall–Kier alpha value is -0.940. The number of epoxide rings is 1. The monoisotopic (exact) mass is 234 g/mol. The molecule has 3 aliphatic rings. The molecule has 4 heteroatoms. The summed E-state index contributed by atoms with van der Waals surface area (Å²) in [5.41, 5.74) is 1.05. The first-order valence-corrected chi connectivity index (χ1v) is 6.01. The number of hydrogen-bond donors (Lipinski definition) is 0. The third kappa shape index (κ3) is 1.68. The fraction of sp³-hybridized carbons (Fsp3) is 0.538. The lowest BCUT2D eigenvalue weighted by Crippen LogP contribution is -2.49. The van der Waals surface area contributed by atoms with E-state index in [1.165, 1.54) is 0 Å². The topological polar surface area (TPSA) is 40.2 Å². The quantitative estimate of drug-likeness (QED) is 0.686. The van der Waals surface area contributed by atoms with Crippen molar-refractivity contribution in [1.29, 1.82) is 0 Å². The highest BCUT2D eigenvalue weighted by Crippen LogP contribution is 2.40. The third-order valence-electron chi connectivity index (χ3n) is 3.55. The van der Waals surface area contributed by atoms with Gasteiger partial charge in [-0.15, -0.1) is 0 Å². The van der Waals surface area contributed by atoms with E-state index in [9.17, 15) is 0 Å². The molecule has 4 rings (SSSR count). The first-order chi connectivity index (χ1) is 8.42. The van der Waals surface area contributed by atoms with E-state index >= 15 is 0 Å². The van der Waals surface area contributed by atoms with E-state index in [1.807, 2.05) is 30.3 Å². The van der Waals surface area contributed by atoms with Crippen molar-refractivity contribution in [2.45, 2.75) is 30.7 Å². The van der Waals surface area contributed by atoms with E-state index in [0.717, 1.165) is 5.56 Å². The maximum absolute atomic E-state index is 5.96. The highest BCUT2D eigenvalue weighted by molar-refractivity contribution is 5.17. The van der Waals surface area contributed by atoms with E-state index in [0.29, 0.717) is 13.2 Å². The van der Waals surface area contributed by atoms with Crippen LogP contribution in [0.1, 0.15) is 11.9 Å². The van der Waals surface area contributed by atoms with Crippen molar-refractivity contribution < 1.29 is 18.9 Å². The maximum atomic E-state index is 5.96. The van der Waals surface area contributed by atoms with Gasteiger partial charge in [-0.1, -0.05) is 30.3 Å². The minimum Gasteiger partial charge on any atom is -0.370 e. The van der Waals surface area contributed by atoms with Gasteiger partial charge in [0.2, 0.25) is 0 Å². The molecule has 0 N–H and O–H groups in total. The van der Waals surface area contributed by atoms with Crippen LogP contribution >= 0.6 is 0 Å². The molecule has 0 amide bonds. The Morgan fingerprint density at radius 2 is 1.59 bits per heavy atom. The lowest BCUT2D eigenvalue weighted by atomic mass is 10.0. The van der Waals surface area contributed by atoms with Crippen LogP contribution in [0.5, 0.6) is 0 Å². The van der Waals surface area contributed by atoms with Gasteiger partial charge < -0.3 is 18.9 Å². The lowest BCUT2D eigenvalue weighted by molar-refractivity contribution is -0.273. The van der Waals surface area contributed by atoms with E-state index in [-0.39, 0.29) is 30.7 Å². The van der Waals surface area contributed by atoms with Gasteiger partial charge in [0, 0.05) is 5.56 Å². The number of benzene rings is 1. The first-order valence-electron chi connectivity index (χ1n) is 6.01. The summed E-state index contributed by atoms with van der Waals surface area (Å²) in [6.45, 7) is 1.26. The van der Waals surface area contributed by atoms with Crippen molar-refractivity contribution >= 4 is 0 Å². The molecule has 1 unspecified atom stereocenters. The van der Waals surface area contributed by atoms with Crippen molar-refractivity contribution in [3.05, 3.63) is 35.9 Å². The average Bonchev–Trinajstić information content (AvgIpc) is 3.19. The summed E-state index contributed by atoms with van der Waals surface area (Å²) in [5.74, 6) is 0. The molecule has 3 heterocycles. The van der Waals surface area contributed by atoms with Crippen LogP contribution in [0, 0.1) is 0 Å². The van der Waals surface area contributed by atoms with E-state index in [1.54, 1.807) is 0 Å². The second-order valence-electron chi connectivity index (χ2n) is 4.69. The van der Waals surface area contributed by atoms with Crippen LogP contribution in [0.3, 0.4) is 0 Å². The fourth-order valence-corrected chi connectivity index (χ4v) is 2.56. The molecular weight excluding hydrogens is 220 g/mol. The predicted octanol–water partition coefficient (Wildman–Crippen LogP) is 1.27. The third-order valence-corrected chi connectivity index (χ3v) is 3.55. The summed E-state index contributed by atoms with van der Waals surface area (Å²) in [4.78, 5) is 0. The Labute approximate surface area is 99.4 Å². The SMILES string of the molecule is c1ccc(C2OC[C@H]3OC[C@@H]4O[C@@H]4[C@@H]3O2)cc1. The minimum absolute atomic E-state index is 0.0210.